The highest BCUT2D eigenvalue weighted by atomic mass is 79.9. The maximum atomic E-state index is 14.2. The van der Waals surface area contributed by atoms with Crippen LogP contribution in [0.15, 0.2) is 22.7 Å². The lowest BCUT2D eigenvalue weighted by Crippen LogP contribution is -2.41. The Morgan fingerprint density at radius 1 is 1.44 bits per heavy atom. The summed E-state index contributed by atoms with van der Waals surface area (Å²) in [5, 5.41) is 3.36. The summed E-state index contributed by atoms with van der Waals surface area (Å²) >= 11 is 3.23. The van der Waals surface area contributed by atoms with Gasteiger partial charge in [-0.1, -0.05) is 19.1 Å². The first-order valence-corrected chi connectivity index (χ1v) is 6.95. The standard InChI is InChI=1S/C14H21BrFNO/c1-5-9-17-13(14(2,3)18-4)10-7-6-8-11(15)12(10)16/h6-8,13,17H,5,9H2,1-4H3. The molecular formula is C14H21BrFNO. The van der Waals surface area contributed by atoms with Crippen LogP contribution in [0.1, 0.15) is 38.8 Å². The van der Waals surface area contributed by atoms with Gasteiger partial charge in [-0.25, -0.2) is 4.39 Å². The topological polar surface area (TPSA) is 21.3 Å². The molecule has 0 spiro atoms. The predicted octanol–water partition coefficient (Wildman–Crippen LogP) is 4.05. The van der Waals surface area contributed by atoms with Crippen molar-refractivity contribution in [2.45, 2.75) is 38.8 Å². The first-order chi connectivity index (χ1) is 8.44. The molecule has 1 atom stereocenters. The number of ether oxygens (including phenoxy) is 1. The minimum atomic E-state index is -0.475. The Kier molecular flexibility index (Phi) is 5.76. The van der Waals surface area contributed by atoms with Gasteiger partial charge in [0, 0.05) is 12.7 Å². The lowest BCUT2D eigenvalue weighted by atomic mass is 9.91. The van der Waals surface area contributed by atoms with Gasteiger partial charge in [0.1, 0.15) is 5.82 Å². The quantitative estimate of drug-likeness (QED) is 0.854. The largest absolute Gasteiger partial charge is 0.377 e. The average molecular weight is 318 g/mol. The molecule has 0 fully saturated rings. The van der Waals surface area contributed by atoms with Crippen molar-refractivity contribution in [3.63, 3.8) is 0 Å². The summed E-state index contributed by atoms with van der Waals surface area (Å²) < 4.78 is 20.2. The zero-order valence-corrected chi connectivity index (χ0v) is 13.0. The van der Waals surface area contributed by atoms with Crippen LogP contribution in [0.5, 0.6) is 0 Å². The van der Waals surface area contributed by atoms with E-state index < -0.39 is 5.60 Å². The second-order valence-corrected chi connectivity index (χ2v) is 5.69. The van der Waals surface area contributed by atoms with Crippen molar-refractivity contribution in [1.29, 1.82) is 0 Å². The van der Waals surface area contributed by atoms with E-state index in [4.69, 9.17) is 4.74 Å². The first-order valence-electron chi connectivity index (χ1n) is 6.16. The van der Waals surface area contributed by atoms with Crippen LogP contribution in [0.3, 0.4) is 0 Å². The van der Waals surface area contributed by atoms with Crippen molar-refractivity contribution in [1.82, 2.24) is 5.32 Å². The van der Waals surface area contributed by atoms with E-state index in [2.05, 4.69) is 28.2 Å². The van der Waals surface area contributed by atoms with E-state index in [-0.39, 0.29) is 11.9 Å². The van der Waals surface area contributed by atoms with Crippen molar-refractivity contribution in [3.8, 4) is 0 Å². The van der Waals surface area contributed by atoms with E-state index in [1.807, 2.05) is 19.9 Å². The van der Waals surface area contributed by atoms with Gasteiger partial charge in [0.05, 0.1) is 16.1 Å². The molecule has 1 aromatic rings. The Morgan fingerprint density at radius 3 is 2.67 bits per heavy atom. The Hall–Kier alpha value is -0.450. The molecule has 102 valence electrons. The number of benzene rings is 1. The van der Waals surface area contributed by atoms with Crippen LogP contribution < -0.4 is 5.32 Å². The van der Waals surface area contributed by atoms with E-state index in [9.17, 15) is 4.39 Å². The summed E-state index contributed by atoms with van der Waals surface area (Å²) in [6.45, 7) is 6.83. The van der Waals surface area contributed by atoms with Crippen LogP contribution in [0, 0.1) is 5.82 Å². The monoisotopic (exact) mass is 317 g/mol. The Labute approximate surface area is 117 Å². The van der Waals surface area contributed by atoms with Gasteiger partial charge in [0.25, 0.3) is 0 Å². The first kappa shape index (κ1) is 15.6. The molecule has 0 saturated heterocycles. The van der Waals surface area contributed by atoms with E-state index in [1.165, 1.54) is 0 Å². The smallest absolute Gasteiger partial charge is 0.142 e. The summed E-state index contributed by atoms with van der Waals surface area (Å²) in [6.07, 6.45) is 0.992. The van der Waals surface area contributed by atoms with E-state index >= 15 is 0 Å². The van der Waals surface area contributed by atoms with Gasteiger partial charge in [0.15, 0.2) is 0 Å². The molecule has 0 aliphatic carbocycles. The fraction of sp³-hybridized carbons (Fsp3) is 0.571. The summed E-state index contributed by atoms with van der Waals surface area (Å²) in [5.41, 5.74) is 0.154. The van der Waals surface area contributed by atoms with Crippen molar-refractivity contribution >= 4 is 15.9 Å². The zero-order chi connectivity index (χ0) is 13.8. The highest BCUT2D eigenvalue weighted by Gasteiger charge is 2.32. The molecule has 0 heterocycles. The highest BCUT2D eigenvalue weighted by molar-refractivity contribution is 9.10. The molecule has 1 rings (SSSR count). The highest BCUT2D eigenvalue weighted by Crippen LogP contribution is 2.32. The molecule has 0 amide bonds. The molecule has 0 aliphatic rings. The lowest BCUT2D eigenvalue weighted by Gasteiger charge is -2.34. The van der Waals surface area contributed by atoms with Gasteiger partial charge < -0.3 is 10.1 Å². The average Bonchev–Trinajstić information content (AvgIpc) is 2.34. The summed E-state index contributed by atoms with van der Waals surface area (Å²) in [6, 6.07) is 5.17. The number of rotatable bonds is 6. The Balaban J connectivity index is 3.13. The van der Waals surface area contributed by atoms with Crippen LogP contribution in [-0.4, -0.2) is 19.3 Å². The molecule has 1 unspecified atom stereocenters. The number of halogens is 2. The molecule has 4 heteroatoms. The molecule has 0 radical (unpaired) electrons. The Bertz CT molecular complexity index is 395. The number of hydrogen-bond acceptors (Lipinski definition) is 2. The molecule has 1 N–H and O–H groups in total. The van der Waals surface area contributed by atoms with Gasteiger partial charge in [0.2, 0.25) is 0 Å². The maximum Gasteiger partial charge on any atom is 0.142 e. The summed E-state index contributed by atoms with van der Waals surface area (Å²) in [7, 11) is 1.65. The second kappa shape index (κ2) is 6.64. The molecule has 0 aliphatic heterocycles. The molecule has 18 heavy (non-hydrogen) atoms. The van der Waals surface area contributed by atoms with Crippen molar-refractivity contribution in [3.05, 3.63) is 34.1 Å². The normalized spacial score (nSPS) is 13.7. The summed E-state index contributed by atoms with van der Waals surface area (Å²) in [5.74, 6) is -0.226. The van der Waals surface area contributed by atoms with Gasteiger partial charge in [-0.05, 0) is 48.8 Å². The minimum Gasteiger partial charge on any atom is -0.377 e. The van der Waals surface area contributed by atoms with Crippen LogP contribution in [0.2, 0.25) is 0 Å². The van der Waals surface area contributed by atoms with E-state index in [0.29, 0.717) is 10.0 Å². The van der Waals surface area contributed by atoms with Gasteiger partial charge >= 0.3 is 0 Å². The van der Waals surface area contributed by atoms with Gasteiger partial charge in [-0.3, -0.25) is 0 Å². The molecule has 0 bridgehead atoms. The molecule has 1 aromatic carbocycles. The SMILES string of the molecule is CCCNC(c1cccc(Br)c1F)C(C)(C)OC. The molecule has 0 aromatic heterocycles. The van der Waals surface area contributed by atoms with Crippen LogP contribution in [0.25, 0.3) is 0 Å². The van der Waals surface area contributed by atoms with Crippen molar-refractivity contribution in [2.75, 3.05) is 13.7 Å². The van der Waals surface area contributed by atoms with E-state index in [0.717, 1.165) is 13.0 Å². The Morgan fingerprint density at radius 2 is 2.11 bits per heavy atom. The predicted molar refractivity (Wildman–Crippen MR) is 76.2 cm³/mol. The molecule has 2 nitrogen and oxygen atoms in total. The third-order valence-electron chi connectivity index (χ3n) is 3.11. The fourth-order valence-corrected chi connectivity index (χ4v) is 2.26. The van der Waals surface area contributed by atoms with Crippen LogP contribution >= 0.6 is 15.9 Å². The van der Waals surface area contributed by atoms with Crippen LogP contribution in [0.4, 0.5) is 4.39 Å². The molecular weight excluding hydrogens is 297 g/mol. The minimum absolute atomic E-state index is 0.181. The van der Waals surface area contributed by atoms with Gasteiger partial charge in [-0.2, -0.15) is 0 Å². The zero-order valence-electron chi connectivity index (χ0n) is 11.4. The maximum absolute atomic E-state index is 14.2. The molecule has 0 saturated carbocycles. The third-order valence-corrected chi connectivity index (χ3v) is 3.72. The fourth-order valence-electron chi connectivity index (χ4n) is 1.88. The third kappa shape index (κ3) is 3.53. The lowest BCUT2D eigenvalue weighted by molar-refractivity contribution is -0.0120. The summed E-state index contributed by atoms with van der Waals surface area (Å²) in [4.78, 5) is 0. The number of hydrogen-bond donors (Lipinski definition) is 1. The van der Waals surface area contributed by atoms with Gasteiger partial charge in [-0.15, -0.1) is 0 Å². The number of methoxy groups -OCH3 is 1. The van der Waals surface area contributed by atoms with Crippen molar-refractivity contribution in [2.24, 2.45) is 0 Å². The van der Waals surface area contributed by atoms with Crippen LogP contribution in [-0.2, 0) is 4.74 Å². The number of nitrogens with one attached hydrogen (secondary N) is 1. The van der Waals surface area contributed by atoms with E-state index in [1.54, 1.807) is 19.2 Å². The van der Waals surface area contributed by atoms with Crippen molar-refractivity contribution < 1.29 is 9.13 Å². The second-order valence-electron chi connectivity index (χ2n) is 4.84.